The summed E-state index contributed by atoms with van der Waals surface area (Å²) in [5, 5.41) is 1.28. The van der Waals surface area contributed by atoms with Crippen LogP contribution in [0.2, 0.25) is 0 Å². The molecule has 0 saturated carbocycles. The van der Waals surface area contributed by atoms with Crippen molar-refractivity contribution in [2.24, 2.45) is 0 Å². The molecule has 0 fully saturated rings. The van der Waals surface area contributed by atoms with Gasteiger partial charge in [-0.25, -0.2) is 4.98 Å². The van der Waals surface area contributed by atoms with E-state index >= 15 is 0 Å². The molecule has 0 spiro atoms. The average Bonchev–Trinajstić information content (AvgIpc) is 2.47. The fraction of sp³-hybridized carbons (Fsp3) is 0.211. The predicted molar refractivity (Wildman–Crippen MR) is 85.9 cm³/mol. The molecule has 0 atom stereocenters. The lowest BCUT2D eigenvalue weighted by atomic mass is 10.0. The summed E-state index contributed by atoms with van der Waals surface area (Å²) < 4.78 is 0. The lowest BCUT2D eigenvalue weighted by Crippen LogP contribution is -1.90. The van der Waals surface area contributed by atoms with Gasteiger partial charge in [-0.05, 0) is 37.1 Å². The van der Waals surface area contributed by atoms with Gasteiger partial charge in [0.2, 0.25) is 0 Å². The average molecular weight is 261 g/mol. The van der Waals surface area contributed by atoms with Gasteiger partial charge >= 0.3 is 0 Å². The molecule has 2 aromatic carbocycles. The van der Waals surface area contributed by atoms with Crippen molar-refractivity contribution >= 4 is 10.9 Å². The number of hydrogen-bond donors (Lipinski definition) is 0. The van der Waals surface area contributed by atoms with Crippen LogP contribution in [0.25, 0.3) is 22.2 Å². The predicted octanol–water partition coefficient (Wildman–Crippen LogP) is 5.16. The van der Waals surface area contributed by atoms with Crippen molar-refractivity contribution < 1.29 is 0 Å². The maximum absolute atomic E-state index is 4.83. The second-order valence-corrected chi connectivity index (χ2v) is 5.30. The third-order valence-electron chi connectivity index (χ3n) is 3.66. The SMILES string of the molecule is CCCc1cccc2nc(-c3cccc(C)c3)ccc12. The first kappa shape index (κ1) is 12.9. The minimum absolute atomic E-state index is 1.05. The van der Waals surface area contributed by atoms with Crippen LogP contribution in [0.5, 0.6) is 0 Å². The first-order chi connectivity index (χ1) is 9.78. The van der Waals surface area contributed by atoms with Gasteiger partial charge in [-0.3, -0.25) is 0 Å². The molecule has 3 aromatic rings. The molecule has 1 aromatic heterocycles. The van der Waals surface area contributed by atoms with Crippen molar-refractivity contribution in [2.45, 2.75) is 26.7 Å². The molecule has 20 heavy (non-hydrogen) atoms. The molecule has 0 amide bonds. The van der Waals surface area contributed by atoms with Crippen molar-refractivity contribution in [1.82, 2.24) is 4.98 Å². The fourth-order valence-electron chi connectivity index (χ4n) is 2.67. The Bertz CT molecular complexity index is 744. The molecule has 0 aliphatic heterocycles. The Morgan fingerprint density at radius 3 is 2.60 bits per heavy atom. The van der Waals surface area contributed by atoms with Gasteiger partial charge in [0, 0.05) is 10.9 Å². The van der Waals surface area contributed by atoms with Crippen LogP contribution >= 0.6 is 0 Å². The summed E-state index contributed by atoms with van der Waals surface area (Å²) in [6.07, 6.45) is 2.28. The van der Waals surface area contributed by atoms with E-state index in [9.17, 15) is 0 Å². The largest absolute Gasteiger partial charge is 0.248 e. The summed E-state index contributed by atoms with van der Waals surface area (Å²) in [5.74, 6) is 0. The Labute approximate surface area is 120 Å². The zero-order valence-electron chi connectivity index (χ0n) is 12.1. The lowest BCUT2D eigenvalue weighted by Gasteiger charge is -2.07. The Balaban J connectivity index is 2.12. The molecule has 3 rings (SSSR count). The van der Waals surface area contributed by atoms with E-state index in [0.29, 0.717) is 0 Å². The smallest absolute Gasteiger partial charge is 0.0712 e. The fourth-order valence-corrected chi connectivity index (χ4v) is 2.67. The number of benzene rings is 2. The summed E-state index contributed by atoms with van der Waals surface area (Å²) in [7, 11) is 0. The molecule has 0 bridgehead atoms. The van der Waals surface area contributed by atoms with Crippen LogP contribution in [0.15, 0.2) is 54.6 Å². The molecule has 1 heterocycles. The number of hydrogen-bond acceptors (Lipinski definition) is 1. The highest BCUT2D eigenvalue weighted by molar-refractivity contribution is 5.84. The molecular formula is C19H19N. The van der Waals surface area contributed by atoms with Gasteiger partial charge in [-0.1, -0.05) is 55.3 Å². The normalized spacial score (nSPS) is 10.9. The number of rotatable bonds is 3. The number of nitrogens with zero attached hydrogens (tertiary/aromatic N) is 1. The van der Waals surface area contributed by atoms with E-state index in [-0.39, 0.29) is 0 Å². The molecule has 100 valence electrons. The number of fused-ring (bicyclic) bond motifs is 1. The molecular weight excluding hydrogens is 242 g/mol. The van der Waals surface area contributed by atoms with Crippen LogP contribution in [0, 0.1) is 6.92 Å². The maximum atomic E-state index is 4.83. The highest BCUT2D eigenvalue weighted by atomic mass is 14.7. The maximum Gasteiger partial charge on any atom is 0.0712 e. The minimum atomic E-state index is 1.05. The van der Waals surface area contributed by atoms with E-state index in [4.69, 9.17) is 4.98 Å². The summed E-state index contributed by atoms with van der Waals surface area (Å²) in [6, 6.07) is 19.3. The minimum Gasteiger partial charge on any atom is -0.248 e. The summed E-state index contributed by atoms with van der Waals surface area (Å²) >= 11 is 0. The van der Waals surface area contributed by atoms with Crippen LogP contribution in [-0.4, -0.2) is 4.98 Å². The summed E-state index contributed by atoms with van der Waals surface area (Å²) in [6.45, 7) is 4.33. The monoisotopic (exact) mass is 261 g/mol. The van der Waals surface area contributed by atoms with E-state index in [2.05, 4.69) is 68.4 Å². The van der Waals surface area contributed by atoms with E-state index in [1.807, 2.05) is 0 Å². The highest BCUT2D eigenvalue weighted by Gasteiger charge is 2.04. The molecule has 1 heteroatoms. The Morgan fingerprint density at radius 1 is 0.950 bits per heavy atom. The van der Waals surface area contributed by atoms with Crippen molar-refractivity contribution in [1.29, 1.82) is 0 Å². The Hall–Kier alpha value is -2.15. The second kappa shape index (κ2) is 5.46. The molecule has 1 nitrogen and oxygen atoms in total. The van der Waals surface area contributed by atoms with Crippen LogP contribution in [0.4, 0.5) is 0 Å². The van der Waals surface area contributed by atoms with Gasteiger partial charge < -0.3 is 0 Å². The van der Waals surface area contributed by atoms with Gasteiger partial charge in [0.05, 0.1) is 11.2 Å². The van der Waals surface area contributed by atoms with Gasteiger partial charge in [-0.15, -0.1) is 0 Å². The quantitative estimate of drug-likeness (QED) is 0.634. The standard InChI is InChI=1S/C19H19N/c1-3-6-15-8-5-10-19-17(15)11-12-18(20-19)16-9-4-7-14(2)13-16/h4-5,7-13H,3,6H2,1-2H3. The first-order valence-corrected chi connectivity index (χ1v) is 7.23. The third-order valence-corrected chi connectivity index (χ3v) is 3.66. The summed E-state index contributed by atoms with van der Waals surface area (Å²) in [4.78, 5) is 4.83. The van der Waals surface area contributed by atoms with Crippen molar-refractivity contribution in [2.75, 3.05) is 0 Å². The second-order valence-electron chi connectivity index (χ2n) is 5.30. The van der Waals surface area contributed by atoms with E-state index in [0.717, 1.165) is 17.6 Å². The van der Waals surface area contributed by atoms with E-state index in [1.54, 1.807) is 0 Å². The van der Waals surface area contributed by atoms with Crippen molar-refractivity contribution in [3.63, 3.8) is 0 Å². The number of pyridine rings is 1. The van der Waals surface area contributed by atoms with Gasteiger partial charge in [0.15, 0.2) is 0 Å². The van der Waals surface area contributed by atoms with Gasteiger partial charge in [-0.2, -0.15) is 0 Å². The molecule has 0 aliphatic rings. The molecule has 0 saturated heterocycles. The van der Waals surface area contributed by atoms with Crippen LogP contribution < -0.4 is 0 Å². The Morgan fingerprint density at radius 2 is 1.80 bits per heavy atom. The molecule has 0 aliphatic carbocycles. The molecule has 0 radical (unpaired) electrons. The highest BCUT2D eigenvalue weighted by Crippen LogP contribution is 2.24. The first-order valence-electron chi connectivity index (χ1n) is 7.23. The van der Waals surface area contributed by atoms with Crippen molar-refractivity contribution in [3.05, 3.63) is 65.7 Å². The zero-order valence-corrected chi connectivity index (χ0v) is 12.1. The molecule has 0 N–H and O–H groups in total. The molecule has 0 unspecified atom stereocenters. The van der Waals surface area contributed by atoms with Crippen LogP contribution in [-0.2, 0) is 6.42 Å². The summed E-state index contributed by atoms with van der Waals surface area (Å²) in [5.41, 5.74) is 6.00. The van der Waals surface area contributed by atoms with E-state index < -0.39 is 0 Å². The third kappa shape index (κ3) is 2.44. The van der Waals surface area contributed by atoms with E-state index in [1.165, 1.54) is 28.5 Å². The topological polar surface area (TPSA) is 12.9 Å². The zero-order chi connectivity index (χ0) is 13.9. The lowest BCUT2D eigenvalue weighted by molar-refractivity contribution is 0.929. The van der Waals surface area contributed by atoms with Gasteiger partial charge in [0.25, 0.3) is 0 Å². The number of aryl methyl sites for hydroxylation is 2. The van der Waals surface area contributed by atoms with Crippen LogP contribution in [0.3, 0.4) is 0 Å². The number of aromatic nitrogens is 1. The van der Waals surface area contributed by atoms with Crippen molar-refractivity contribution in [3.8, 4) is 11.3 Å². The van der Waals surface area contributed by atoms with Gasteiger partial charge in [0.1, 0.15) is 0 Å². The van der Waals surface area contributed by atoms with Crippen LogP contribution in [0.1, 0.15) is 24.5 Å². The Kier molecular flexibility index (Phi) is 3.51.